The number of nitrogens with zero attached hydrogens (tertiary/aromatic N) is 2. The number of aromatic nitrogens is 2. The molecule has 0 bridgehead atoms. The van der Waals surface area contributed by atoms with Crippen molar-refractivity contribution in [3.8, 4) is 5.69 Å². The second kappa shape index (κ2) is 6.10. The molecule has 1 fully saturated rings. The molecule has 0 aliphatic heterocycles. The van der Waals surface area contributed by atoms with Crippen LogP contribution in [-0.4, -0.2) is 21.7 Å². The molecule has 1 amide bonds. The average Bonchev–Trinajstić information content (AvgIpc) is 3.12. The minimum Gasteiger partial charge on any atom is -0.327 e. The molecule has 21 heavy (non-hydrogen) atoms. The van der Waals surface area contributed by atoms with E-state index in [1.54, 1.807) is 10.9 Å². The van der Waals surface area contributed by atoms with Gasteiger partial charge in [-0.25, -0.2) is 4.68 Å². The van der Waals surface area contributed by atoms with E-state index in [0.29, 0.717) is 12.3 Å². The fraction of sp³-hybridized carbons (Fsp3) is 0.375. The lowest BCUT2D eigenvalue weighted by molar-refractivity contribution is -0.117. The molecule has 2 aromatic rings. The van der Waals surface area contributed by atoms with Crippen molar-refractivity contribution < 1.29 is 4.79 Å². The van der Waals surface area contributed by atoms with E-state index in [0.717, 1.165) is 30.6 Å². The van der Waals surface area contributed by atoms with Gasteiger partial charge in [-0.1, -0.05) is 18.6 Å². The Morgan fingerprint density at radius 1 is 1.33 bits per heavy atom. The van der Waals surface area contributed by atoms with E-state index in [9.17, 15) is 4.79 Å². The number of carbonyl (C=O) groups excluding carboxylic acids is 1. The molecule has 1 aliphatic rings. The van der Waals surface area contributed by atoms with Gasteiger partial charge in [0.05, 0.1) is 11.4 Å². The van der Waals surface area contributed by atoms with Crippen molar-refractivity contribution in [1.82, 2.24) is 9.78 Å². The number of nitrogens with one attached hydrogen (secondary N) is 1. The van der Waals surface area contributed by atoms with Gasteiger partial charge in [-0.05, 0) is 37.0 Å². The molecular weight excluding hydrogens is 264 g/mol. The molecule has 0 unspecified atom stereocenters. The minimum absolute atomic E-state index is 0.0250. The number of rotatable bonds is 4. The second-order valence-electron chi connectivity index (χ2n) is 5.57. The minimum atomic E-state index is 0.0250. The van der Waals surface area contributed by atoms with E-state index in [1.165, 1.54) is 0 Å². The zero-order valence-electron chi connectivity index (χ0n) is 11.9. The van der Waals surface area contributed by atoms with E-state index in [2.05, 4.69) is 10.4 Å². The third-order valence-corrected chi connectivity index (χ3v) is 4.09. The molecule has 1 aliphatic carbocycles. The summed E-state index contributed by atoms with van der Waals surface area (Å²) in [5, 5.41) is 7.21. The van der Waals surface area contributed by atoms with Crippen molar-refractivity contribution in [3.05, 3.63) is 42.7 Å². The number of hydrogen-bond acceptors (Lipinski definition) is 3. The first kappa shape index (κ1) is 13.8. The number of benzene rings is 1. The summed E-state index contributed by atoms with van der Waals surface area (Å²) in [5.41, 5.74) is 7.68. The topological polar surface area (TPSA) is 72.9 Å². The largest absolute Gasteiger partial charge is 0.327 e. The Labute approximate surface area is 124 Å². The number of anilines is 1. The first-order valence-corrected chi connectivity index (χ1v) is 7.38. The van der Waals surface area contributed by atoms with Gasteiger partial charge in [0.15, 0.2) is 0 Å². The van der Waals surface area contributed by atoms with Gasteiger partial charge in [-0.3, -0.25) is 4.79 Å². The van der Waals surface area contributed by atoms with Gasteiger partial charge in [-0.2, -0.15) is 5.10 Å². The fourth-order valence-electron chi connectivity index (χ4n) is 2.95. The maximum absolute atomic E-state index is 12.2. The summed E-state index contributed by atoms with van der Waals surface area (Å²) >= 11 is 0. The van der Waals surface area contributed by atoms with E-state index in [-0.39, 0.29) is 11.9 Å². The van der Waals surface area contributed by atoms with E-state index < -0.39 is 0 Å². The molecule has 110 valence electrons. The highest BCUT2D eigenvalue weighted by atomic mass is 16.1. The lowest BCUT2D eigenvalue weighted by Gasteiger charge is -2.16. The molecule has 0 radical (unpaired) electrons. The third kappa shape index (κ3) is 3.13. The predicted octanol–water partition coefficient (Wildman–Crippen LogP) is 2.33. The van der Waals surface area contributed by atoms with Crippen molar-refractivity contribution >= 4 is 11.6 Å². The third-order valence-electron chi connectivity index (χ3n) is 4.09. The highest BCUT2D eigenvalue weighted by Gasteiger charge is 2.26. The normalized spacial score (nSPS) is 21.4. The summed E-state index contributed by atoms with van der Waals surface area (Å²) in [7, 11) is 0. The van der Waals surface area contributed by atoms with Gasteiger partial charge in [0.25, 0.3) is 0 Å². The number of para-hydroxylation sites is 2. The number of nitrogens with two attached hydrogens (primary N) is 1. The molecule has 2 atom stereocenters. The van der Waals surface area contributed by atoms with Crippen molar-refractivity contribution in [2.45, 2.75) is 31.7 Å². The van der Waals surface area contributed by atoms with Crippen LogP contribution in [0.25, 0.3) is 5.69 Å². The zero-order valence-corrected chi connectivity index (χ0v) is 11.9. The molecule has 1 aromatic carbocycles. The van der Waals surface area contributed by atoms with E-state index >= 15 is 0 Å². The van der Waals surface area contributed by atoms with Crippen molar-refractivity contribution in [1.29, 1.82) is 0 Å². The van der Waals surface area contributed by atoms with Gasteiger partial charge in [0.1, 0.15) is 0 Å². The van der Waals surface area contributed by atoms with Crippen LogP contribution in [0.4, 0.5) is 5.69 Å². The summed E-state index contributed by atoms with van der Waals surface area (Å²) in [6.07, 6.45) is 7.28. The quantitative estimate of drug-likeness (QED) is 0.905. The lowest BCUT2D eigenvalue weighted by atomic mass is 10.00. The highest BCUT2D eigenvalue weighted by molar-refractivity contribution is 5.93. The molecule has 1 aromatic heterocycles. The Balaban J connectivity index is 1.71. The Morgan fingerprint density at radius 3 is 2.90 bits per heavy atom. The van der Waals surface area contributed by atoms with E-state index in [1.807, 2.05) is 36.5 Å². The van der Waals surface area contributed by atoms with Crippen molar-refractivity contribution in [3.63, 3.8) is 0 Å². The van der Waals surface area contributed by atoms with Gasteiger partial charge in [0, 0.05) is 24.9 Å². The van der Waals surface area contributed by atoms with Crippen LogP contribution in [-0.2, 0) is 4.79 Å². The van der Waals surface area contributed by atoms with Crippen LogP contribution in [0.15, 0.2) is 42.7 Å². The highest BCUT2D eigenvalue weighted by Crippen LogP contribution is 2.27. The zero-order chi connectivity index (χ0) is 14.7. The smallest absolute Gasteiger partial charge is 0.224 e. The Morgan fingerprint density at radius 2 is 2.19 bits per heavy atom. The first-order chi connectivity index (χ1) is 10.2. The first-order valence-electron chi connectivity index (χ1n) is 7.38. The maximum Gasteiger partial charge on any atom is 0.224 e. The van der Waals surface area contributed by atoms with Crippen LogP contribution in [0.1, 0.15) is 25.7 Å². The van der Waals surface area contributed by atoms with Gasteiger partial charge in [0.2, 0.25) is 5.91 Å². The maximum atomic E-state index is 12.2. The lowest BCUT2D eigenvalue weighted by Crippen LogP contribution is -2.28. The molecule has 0 saturated heterocycles. The molecule has 1 heterocycles. The summed E-state index contributed by atoms with van der Waals surface area (Å²) in [5.74, 6) is 0.332. The second-order valence-corrected chi connectivity index (χ2v) is 5.57. The Hall–Kier alpha value is -2.14. The standard InChI is InChI=1S/C16H20N4O/c17-13-6-3-5-12(13)11-16(21)19-14-7-1-2-8-15(14)20-10-4-9-18-20/h1-2,4,7-10,12-13H,3,5-6,11,17H2,(H,19,21)/t12-,13+/m0/s1. The SMILES string of the molecule is N[C@@H]1CCC[C@H]1CC(=O)Nc1ccccc1-n1cccn1. The molecular formula is C16H20N4O. The molecule has 3 rings (SSSR count). The summed E-state index contributed by atoms with van der Waals surface area (Å²) in [6, 6.07) is 9.68. The van der Waals surface area contributed by atoms with Gasteiger partial charge in [-0.15, -0.1) is 0 Å². The van der Waals surface area contributed by atoms with Crippen molar-refractivity contribution in [2.24, 2.45) is 11.7 Å². The van der Waals surface area contributed by atoms with Crippen molar-refractivity contribution in [2.75, 3.05) is 5.32 Å². The van der Waals surface area contributed by atoms with Crippen LogP contribution in [0.2, 0.25) is 0 Å². The molecule has 5 nitrogen and oxygen atoms in total. The van der Waals surface area contributed by atoms with Gasteiger partial charge >= 0.3 is 0 Å². The molecule has 1 saturated carbocycles. The predicted molar refractivity (Wildman–Crippen MR) is 82.1 cm³/mol. The van der Waals surface area contributed by atoms with Crippen LogP contribution >= 0.6 is 0 Å². The average molecular weight is 284 g/mol. The van der Waals surface area contributed by atoms with Crippen LogP contribution in [0.5, 0.6) is 0 Å². The number of hydrogen-bond donors (Lipinski definition) is 2. The number of carbonyl (C=O) groups is 1. The summed E-state index contributed by atoms with van der Waals surface area (Å²) < 4.78 is 1.75. The monoisotopic (exact) mass is 284 g/mol. The van der Waals surface area contributed by atoms with Crippen LogP contribution in [0.3, 0.4) is 0 Å². The summed E-state index contributed by atoms with van der Waals surface area (Å²) in [6.45, 7) is 0. The Kier molecular flexibility index (Phi) is 4.01. The molecule has 0 spiro atoms. The van der Waals surface area contributed by atoms with Crippen LogP contribution in [0, 0.1) is 5.92 Å². The molecule has 5 heteroatoms. The fourth-order valence-corrected chi connectivity index (χ4v) is 2.95. The molecule has 3 N–H and O–H groups in total. The van der Waals surface area contributed by atoms with Crippen LogP contribution < -0.4 is 11.1 Å². The van der Waals surface area contributed by atoms with E-state index in [4.69, 9.17) is 5.73 Å². The number of amides is 1. The van der Waals surface area contributed by atoms with Gasteiger partial charge < -0.3 is 11.1 Å². The summed E-state index contributed by atoms with van der Waals surface area (Å²) in [4.78, 5) is 12.2. The Bertz CT molecular complexity index is 608.